The van der Waals surface area contributed by atoms with Crippen molar-refractivity contribution in [2.75, 3.05) is 6.54 Å². The topological polar surface area (TPSA) is 46.2 Å². The Morgan fingerprint density at radius 3 is 2.40 bits per heavy atom. The number of rotatable bonds is 5. The monoisotopic (exact) mass is 237 g/mol. The van der Waals surface area contributed by atoms with E-state index in [1.165, 1.54) is 0 Å². The van der Waals surface area contributed by atoms with Crippen molar-refractivity contribution in [3.63, 3.8) is 0 Å². The van der Waals surface area contributed by atoms with Crippen molar-refractivity contribution in [2.24, 2.45) is 0 Å². The van der Waals surface area contributed by atoms with Gasteiger partial charge in [-0.1, -0.05) is 31.5 Å². The van der Waals surface area contributed by atoms with E-state index >= 15 is 0 Å². The minimum Gasteiger partial charge on any atom is -1.00 e. The fourth-order valence-corrected chi connectivity index (χ4v) is 2.16. The molecule has 0 aromatic heterocycles. The molecular formula is C10H16NNaO2S. The quantitative estimate of drug-likeness (QED) is 0.521. The zero-order valence-corrected chi connectivity index (χ0v) is 12.0. The zero-order chi connectivity index (χ0) is 10.4. The number of hydrogen-bond donors (Lipinski definition) is 1. The molecule has 0 aliphatic rings. The van der Waals surface area contributed by atoms with Crippen LogP contribution in [0, 0.1) is 0 Å². The van der Waals surface area contributed by atoms with Crippen LogP contribution in [0.15, 0.2) is 35.2 Å². The molecule has 0 amide bonds. The summed E-state index contributed by atoms with van der Waals surface area (Å²) in [7, 11) is -3.28. The van der Waals surface area contributed by atoms with Crippen LogP contribution in [0.2, 0.25) is 0 Å². The Morgan fingerprint density at radius 1 is 1.27 bits per heavy atom. The Balaban J connectivity index is 0. The summed E-state index contributed by atoms with van der Waals surface area (Å²) in [6, 6.07) is 8.41. The Bertz CT molecular complexity index is 370. The van der Waals surface area contributed by atoms with Gasteiger partial charge >= 0.3 is 29.6 Å². The second-order valence-corrected chi connectivity index (χ2v) is 4.83. The summed E-state index contributed by atoms with van der Waals surface area (Å²) in [5.41, 5.74) is 0. The number of nitrogens with one attached hydrogen (secondary N) is 1. The van der Waals surface area contributed by atoms with Crippen molar-refractivity contribution in [1.29, 1.82) is 0 Å². The standard InChI is InChI=1S/C10H15NO2S.Na.H/c1-2-3-9-11-14(12,13)10-7-5-4-6-8-10;;/h4-8,11H,2-3,9H2,1H3;;/q;+1;-1. The van der Waals surface area contributed by atoms with E-state index in [1.54, 1.807) is 30.3 Å². The minimum atomic E-state index is -3.28. The van der Waals surface area contributed by atoms with Crippen molar-refractivity contribution in [2.45, 2.75) is 24.7 Å². The van der Waals surface area contributed by atoms with Crippen LogP contribution in [0.1, 0.15) is 21.2 Å². The molecule has 1 rings (SSSR count). The molecule has 3 nitrogen and oxygen atoms in total. The third-order valence-electron chi connectivity index (χ3n) is 1.88. The van der Waals surface area contributed by atoms with E-state index in [0.717, 1.165) is 12.8 Å². The van der Waals surface area contributed by atoms with Gasteiger partial charge in [0.05, 0.1) is 4.90 Å². The van der Waals surface area contributed by atoms with E-state index in [2.05, 4.69) is 4.72 Å². The van der Waals surface area contributed by atoms with Crippen LogP contribution in [0.3, 0.4) is 0 Å². The summed E-state index contributed by atoms with van der Waals surface area (Å²) in [6.45, 7) is 2.53. The average Bonchev–Trinajstić information content (AvgIpc) is 2.19. The van der Waals surface area contributed by atoms with E-state index in [4.69, 9.17) is 0 Å². The summed E-state index contributed by atoms with van der Waals surface area (Å²) >= 11 is 0. The molecule has 5 heteroatoms. The third kappa shape index (κ3) is 5.13. The largest absolute Gasteiger partial charge is 1.00 e. The maximum Gasteiger partial charge on any atom is 1.00 e. The predicted molar refractivity (Wildman–Crippen MR) is 57.7 cm³/mol. The van der Waals surface area contributed by atoms with E-state index in [0.29, 0.717) is 11.4 Å². The van der Waals surface area contributed by atoms with Crippen LogP contribution in [0.4, 0.5) is 0 Å². The van der Waals surface area contributed by atoms with E-state index < -0.39 is 10.0 Å². The maximum atomic E-state index is 11.6. The molecule has 0 heterocycles. The van der Waals surface area contributed by atoms with Crippen LogP contribution in [-0.2, 0) is 10.0 Å². The molecule has 80 valence electrons. The second kappa shape index (κ2) is 7.41. The fourth-order valence-electron chi connectivity index (χ4n) is 1.07. The van der Waals surface area contributed by atoms with Gasteiger partial charge in [-0.05, 0) is 18.6 Å². The van der Waals surface area contributed by atoms with E-state index in [-0.39, 0.29) is 31.0 Å². The smallest absolute Gasteiger partial charge is 1.00 e. The molecule has 15 heavy (non-hydrogen) atoms. The Labute approximate surface area is 115 Å². The van der Waals surface area contributed by atoms with Crippen LogP contribution in [0.25, 0.3) is 0 Å². The third-order valence-corrected chi connectivity index (χ3v) is 3.35. The first-order chi connectivity index (χ1) is 6.67. The van der Waals surface area contributed by atoms with Gasteiger partial charge in [0, 0.05) is 6.54 Å². The van der Waals surface area contributed by atoms with Gasteiger partial charge in [0.15, 0.2) is 0 Å². The van der Waals surface area contributed by atoms with Crippen molar-refractivity contribution >= 4 is 10.0 Å². The number of unbranched alkanes of at least 4 members (excludes halogenated alkanes) is 1. The van der Waals surface area contributed by atoms with Gasteiger partial charge in [0.1, 0.15) is 0 Å². The molecule has 0 saturated heterocycles. The van der Waals surface area contributed by atoms with Crippen LogP contribution in [0.5, 0.6) is 0 Å². The molecule has 0 aliphatic heterocycles. The molecule has 0 fully saturated rings. The van der Waals surface area contributed by atoms with Crippen molar-refractivity contribution in [3.8, 4) is 0 Å². The molecular weight excluding hydrogens is 221 g/mol. The molecule has 0 unspecified atom stereocenters. The van der Waals surface area contributed by atoms with Gasteiger partial charge in [-0.25, -0.2) is 13.1 Å². The summed E-state index contributed by atoms with van der Waals surface area (Å²) in [4.78, 5) is 0.330. The summed E-state index contributed by atoms with van der Waals surface area (Å²) in [6.07, 6.45) is 1.85. The van der Waals surface area contributed by atoms with Crippen LogP contribution in [-0.4, -0.2) is 15.0 Å². The number of hydrogen-bond acceptors (Lipinski definition) is 2. The van der Waals surface area contributed by atoms with Gasteiger partial charge in [-0.2, -0.15) is 0 Å². The first kappa shape index (κ1) is 15.1. The van der Waals surface area contributed by atoms with Gasteiger partial charge < -0.3 is 1.43 Å². The molecule has 0 atom stereocenters. The molecule has 0 radical (unpaired) electrons. The zero-order valence-electron chi connectivity index (χ0n) is 10.2. The average molecular weight is 237 g/mol. The Morgan fingerprint density at radius 2 is 1.87 bits per heavy atom. The Kier molecular flexibility index (Phi) is 7.48. The predicted octanol–water partition coefficient (Wildman–Crippen LogP) is -1.12. The first-order valence-electron chi connectivity index (χ1n) is 4.71. The van der Waals surface area contributed by atoms with E-state index in [9.17, 15) is 8.42 Å². The van der Waals surface area contributed by atoms with Crippen molar-refractivity contribution < 1.29 is 39.4 Å². The minimum absolute atomic E-state index is 0. The van der Waals surface area contributed by atoms with Crippen LogP contribution < -0.4 is 34.3 Å². The SMILES string of the molecule is CCCCNS(=O)(=O)c1ccccc1.[H-].[Na+]. The van der Waals surface area contributed by atoms with Gasteiger partial charge in [0.25, 0.3) is 0 Å². The molecule has 0 spiro atoms. The summed E-state index contributed by atoms with van der Waals surface area (Å²) in [5.74, 6) is 0. The number of benzene rings is 1. The van der Waals surface area contributed by atoms with Crippen molar-refractivity contribution in [3.05, 3.63) is 30.3 Å². The van der Waals surface area contributed by atoms with Crippen LogP contribution >= 0.6 is 0 Å². The molecule has 1 aromatic rings. The van der Waals surface area contributed by atoms with Gasteiger partial charge in [-0.3, -0.25) is 0 Å². The molecule has 0 bridgehead atoms. The summed E-state index contributed by atoms with van der Waals surface area (Å²) < 4.78 is 25.7. The molecule has 1 aromatic carbocycles. The fraction of sp³-hybridized carbons (Fsp3) is 0.400. The summed E-state index contributed by atoms with van der Waals surface area (Å²) in [5, 5.41) is 0. The normalized spacial score (nSPS) is 10.7. The molecule has 0 aliphatic carbocycles. The van der Waals surface area contributed by atoms with Gasteiger partial charge in [0.2, 0.25) is 10.0 Å². The molecule has 0 saturated carbocycles. The Hall–Kier alpha value is 0.130. The second-order valence-electron chi connectivity index (χ2n) is 3.06. The maximum absolute atomic E-state index is 11.6. The number of sulfonamides is 1. The van der Waals surface area contributed by atoms with E-state index in [1.807, 2.05) is 6.92 Å². The van der Waals surface area contributed by atoms with Gasteiger partial charge in [-0.15, -0.1) is 0 Å². The first-order valence-corrected chi connectivity index (χ1v) is 6.20. The molecule has 1 N–H and O–H groups in total. The van der Waals surface area contributed by atoms with Crippen molar-refractivity contribution in [1.82, 2.24) is 4.72 Å².